The van der Waals surface area contributed by atoms with Gasteiger partial charge in [0.05, 0.1) is 17.7 Å². The maximum atomic E-state index is 14.4. The highest BCUT2D eigenvalue weighted by atomic mass is 32.2. The minimum atomic E-state index is -4.18. The van der Waals surface area contributed by atoms with Gasteiger partial charge in [-0.05, 0) is 60.9 Å². The molecule has 0 aliphatic carbocycles. The molecule has 0 saturated heterocycles. The highest BCUT2D eigenvalue weighted by molar-refractivity contribution is 7.92. The molecular weight excluding hydrogens is 574 g/mol. The maximum absolute atomic E-state index is 14.4. The molecule has 1 N–H and O–H groups in total. The number of hydrogen-bond acceptors (Lipinski definition) is 5. The quantitative estimate of drug-likeness (QED) is 0.204. The molecule has 4 aromatic carbocycles. The van der Waals surface area contributed by atoms with Gasteiger partial charge in [0.2, 0.25) is 11.8 Å². The van der Waals surface area contributed by atoms with Crippen LogP contribution < -0.4 is 14.4 Å². The molecule has 0 radical (unpaired) electrons. The van der Waals surface area contributed by atoms with E-state index in [-0.39, 0.29) is 29.8 Å². The van der Waals surface area contributed by atoms with Crippen molar-refractivity contribution in [2.75, 3.05) is 18.0 Å². The Morgan fingerprint density at radius 1 is 0.795 bits per heavy atom. The van der Waals surface area contributed by atoms with E-state index in [1.807, 2.05) is 74.5 Å². The summed E-state index contributed by atoms with van der Waals surface area (Å²) in [5.74, 6) is -0.289. The number of nitrogens with zero attached hydrogens (tertiary/aromatic N) is 2. The summed E-state index contributed by atoms with van der Waals surface area (Å²) in [5, 5.41) is 3.05. The molecule has 9 heteroatoms. The number of benzene rings is 4. The van der Waals surface area contributed by atoms with Crippen molar-refractivity contribution >= 4 is 27.5 Å². The second-order valence-corrected chi connectivity index (χ2v) is 12.4. The molecular formula is C35H39N3O5S. The summed E-state index contributed by atoms with van der Waals surface area (Å²) >= 11 is 0. The van der Waals surface area contributed by atoms with Crippen molar-refractivity contribution in [1.82, 2.24) is 10.2 Å². The Morgan fingerprint density at radius 3 is 1.89 bits per heavy atom. The fourth-order valence-corrected chi connectivity index (χ4v) is 6.19. The van der Waals surface area contributed by atoms with Crippen LogP contribution in [0.5, 0.6) is 5.75 Å². The molecule has 0 bridgehead atoms. The molecule has 4 rings (SSSR count). The van der Waals surface area contributed by atoms with E-state index >= 15 is 0 Å². The monoisotopic (exact) mass is 613 g/mol. The van der Waals surface area contributed by atoms with Crippen molar-refractivity contribution in [3.05, 3.63) is 126 Å². The number of nitrogens with one attached hydrogen (secondary N) is 1. The number of anilines is 1. The van der Waals surface area contributed by atoms with Crippen LogP contribution >= 0.6 is 0 Å². The summed E-state index contributed by atoms with van der Waals surface area (Å²) in [6.07, 6.45) is 0.983. The van der Waals surface area contributed by atoms with Crippen LogP contribution in [-0.2, 0) is 32.6 Å². The van der Waals surface area contributed by atoms with E-state index in [0.29, 0.717) is 11.4 Å². The third-order valence-corrected chi connectivity index (χ3v) is 9.23. The number of rotatable bonds is 14. The van der Waals surface area contributed by atoms with Crippen molar-refractivity contribution in [3.8, 4) is 5.75 Å². The van der Waals surface area contributed by atoms with Crippen molar-refractivity contribution < 1.29 is 22.7 Å². The first-order chi connectivity index (χ1) is 21.2. The van der Waals surface area contributed by atoms with Gasteiger partial charge in [-0.2, -0.15) is 0 Å². The van der Waals surface area contributed by atoms with E-state index in [2.05, 4.69) is 5.32 Å². The van der Waals surface area contributed by atoms with Gasteiger partial charge in [-0.25, -0.2) is 8.42 Å². The van der Waals surface area contributed by atoms with Gasteiger partial charge in [-0.15, -0.1) is 0 Å². The van der Waals surface area contributed by atoms with E-state index in [4.69, 9.17) is 4.74 Å². The van der Waals surface area contributed by atoms with E-state index in [0.717, 1.165) is 21.9 Å². The van der Waals surface area contributed by atoms with E-state index in [9.17, 15) is 18.0 Å². The van der Waals surface area contributed by atoms with Gasteiger partial charge in [0, 0.05) is 19.0 Å². The van der Waals surface area contributed by atoms with Crippen molar-refractivity contribution in [2.45, 2.75) is 50.2 Å². The molecule has 2 unspecified atom stereocenters. The lowest BCUT2D eigenvalue weighted by atomic mass is 10.0. The van der Waals surface area contributed by atoms with Crippen molar-refractivity contribution in [2.24, 2.45) is 0 Å². The number of amides is 2. The van der Waals surface area contributed by atoms with Crippen LogP contribution in [0, 0.1) is 0 Å². The molecule has 0 saturated carbocycles. The summed E-state index contributed by atoms with van der Waals surface area (Å²) < 4.78 is 34.4. The molecule has 2 amide bonds. The van der Waals surface area contributed by atoms with Crippen LogP contribution in [0.2, 0.25) is 0 Å². The van der Waals surface area contributed by atoms with Gasteiger partial charge >= 0.3 is 0 Å². The predicted octanol–water partition coefficient (Wildman–Crippen LogP) is 5.45. The third-order valence-electron chi connectivity index (χ3n) is 7.44. The Bertz CT molecular complexity index is 1600. The lowest BCUT2D eigenvalue weighted by molar-refractivity contribution is -0.140. The largest absolute Gasteiger partial charge is 0.497 e. The Hall–Kier alpha value is -4.63. The summed E-state index contributed by atoms with van der Waals surface area (Å²) in [6, 6.07) is 32.4. The number of carbonyl (C=O) groups excluding carboxylic acids is 2. The van der Waals surface area contributed by atoms with Gasteiger partial charge in [-0.3, -0.25) is 13.9 Å². The summed E-state index contributed by atoms with van der Waals surface area (Å²) in [7, 11) is -2.68. The van der Waals surface area contributed by atoms with Gasteiger partial charge < -0.3 is 15.0 Å². The molecule has 44 heavy (non-hydrogen) atoms. The van der Waals surface area contributed by atoms with E-state index in [1.54, 1.807) is 42.5 Å². The smallest absolute Gasteiger partial charge is 0.264 e. The first kappa shape index (κ1) is 32.3. The lowest BCUT2D eigenvalue weighted by Gasteiger charge is -2.34. The molecule has 0 aliphatic rings. The Balaban J connectivity index is 1.77. The number of carbonyl (C=O) groups is 2. The van der Waals surface area contributed by atoms with E-state index < -0.39 is 28.5 Å². The standard InChI is InChI=1S/C35H39N3O5S/c1-4-27(2)36-35(40)33(24-28-14-8-5-9-15-28)37(25-29-16-10-6-11-17-29)34(39)26-38(30-18-12-7-13-19-30)44(41,42)32-22-20-31(43-3)21-23-32/h5-23,27,33H,4,24-26H2,1-3H3,(H,36,40). The molecule has 0 fully saturated rings. The number of hydrogen-bond donors (Lipinski definition) is 1. The highest BCUT2D eigenvalue weighted by Gasteiger charge is 2.35. The van der Waals surface area contributed by atoms with Crippen molar-refractivity contribution in [1.29, 1.82) is 0 Å². The SMILES string of the molecule is CCC(C)NC(=O)C(Cc1ccccc1)N(Cc1ccccc1)C(=O)CN(c1ccccc1)S(=O)(=O)c1ccc(OC)cc1. The minimum absolute atomic E-state index is 0.0138. The van der Waals surface area contributed by atoms with Crippen LogP contribution in [-0.4, -0.2) is 50.9 Å². The second kappa shape index (κ2) is 15.2. The minimum Gasteiger partial charge on any atom is -0.497 e. The zero-order chi connectivity index (χ0) is 31.5. The van der Waals surface area contributed by atoms with Crippen molar-refractivity contribution in [3.63, 3.8) is 0 Å². The van der Waals surface area contributed by atoms with Crippen LogP contribution in [0.3, 0.4) is 0 Å². The fourth-order valence-electron chi connectivity index (χ4n) is 4.77. The molecule has 8 nitrogen and oxygen atoms in total. The molecule has 0 spiro atoms. The molecule has 4 aromatic rings. The second-order valence-electron chi connectivity index (χ2n) is 10.6. The predicted molar refractivity (Wildman–Crippen MR) is 173 cm³/mol. The fraction of sp³-hybridized carbons (Fsp3) is 0.257. The molecule has 230 valence electrons. The number of para-hydroxylation sites is 1. The maximum Gasteiger partial charge on any atom is 0.264 e. The average Bonchev–Trinajstić information content (AvgIpc) is 3.06. The Morgan fingerprint density at radius 2 is 1.34 bits per heavy atom. The topological polar surface area (TPSA) is 96.0 Å². The zero-order valence-electron chi connectivity index (χ0n) is 25.3. The summed E-state index contributed by atoms with van der Waals surface area (Å²) in [6.45, 7) is 3.51. The third kappa shape index (κ3) is 8.26. The van der Waals surface area contributed by atoms with Crippen LogP contribution in [0.1, 0.15) is 31.4 Å². The summed E-state index contributed by atoms with van der Waals surface area (Å²) in [5.41, 5.74) is 2.04. The van der Waals surface area contributed by atoms with Gasteiger partial charge in [0.25, 0.3) is 10.0 Å². The zero-order valence-corrected chi connectivity index (χ0v) is 26.1. The first-order valence-corrected chi connectivity index (χ1v) is 16.1. The Kier molecular flexibility index (Phi) is 11.2. The average molecular weight is 614 g/mol. The number of methoxy groups -OCH3 is 1. The lowest BCUT2D eigenvalue weighted by Crippen LogP contribution is -2.54. The molecule has 0 aromatic heterocycles. The normalized spacial score (nSPS) is 12.5. The van der Waals surface area contributed by atoms with Crippen LogP contribution in [0.15, 0.2) is 120 Å². The first-order valence-electron chi connectivity index (χ1n) is 14.6. The van der Waals surface area contributed by atoms with Gasteiger partial charge in [0.1, 0.15) is 18.3 Å². The van der Waals surface area contributed by atoms with Gasteiger partial charge in [-0.1, -0.05) is 85.8 Å². The van der Waals surface area contributed by atoms with Crippen LogP contribution in [0.4, 0.5) is 5.69 Å². The Labute approximate surface area is 260 Å². The molecule has 2 atom stereocenters. The highest BCUT2D eigenvalue weighted by Crippen LogP contribution is 2.26. The van der Waals surface area contributed by atoms with E-state index in [1.165, 1.54) is 24.1 Å². The van der Waals surface area contributed by atoms with Gasteiger partial charge in [0.15, 0.2) is 0 Å². The van der Waals surface area contributed by atoms with Crippen LogP contribution in [0.25, 0.3) is 0 Å². The number of sulfonamides is 1. The summed E-state index contributed by atoms with van der Waals surface area (Å²) in [4.78, 5) is 29.8. The molecule has 0 heterocycles. The number of ether oxygens (including phenoxy) is 1. The molecule has 0 aliphatic heterocycles.